The van der Waals surface area contributed by atoms with Crippen LogP contribution in [0.15, 0.2) is 0 Å². The predicted molar refractivity (Wildman–Crippen MR) is 44.9 cm³/mol. The molecule has 0 aliphatic carbocycles. The van der Waals surface area contributed by atoms with E-state index in [9.17, 15) is 18.4 Å². The molecule has 1 atom stereocenters. The van der Waals surface area contributed by atoms with Gasteiger partial charge in [0.1, 0.15) is 5.54 Å². The molecule has 0 N–H and O–H groups in total. The van der Waals surface area contributed by atoms with E-state index in [4.69, 9.17) is 0 Å². The zero-order chi connectivity index (χ0) is 11.2. The second-order valence-corrected chi connectivity index (χ2v) is 4.49. The van der Waals surface area contributed by atoms with Crippen LogP contribution in [0.3, 0.4) is 0 Å². The van der Waals surface area contributed by atoms with Gasteiger partial charge in [0.2, 0.25) is 0 Å². The molecule has 0 aromatic rings. The van der Waals surface area contributed by atoms with Crippen molar-refractivity contribution in [1.82, 2.24) is 5.06 Å². The second kappa shape index (κ2) is 3.10. The number of nitrogens with zero attached hydrogens (tertiary/aromatic N) is 1. The Balaban J connectivity index is 3.05. The Labute approximate surface area is 81.7 Å². The smallest absolute Gasteiger partial charge is 0.169 e. The van der Waals surface area contributed by atoms with E-state index < -0.39 is 17.3 Å². The maximum absolute atomic E-state index is 12.8. The summed E-state index contributed by atoms with van der Waals surface area (Å²) >= 11 is 0. The molecule has 0 bridgehead atoms. The van der Waals surface area contributed by atoms with E-state index in [-0.39, 0.29) is 17.9 Å². The largest absolute Gasteiger partial charge is 0.409 e. The average Bonchev–Trinajstić information content (AvgIpc) is 2.25. The molecule has 1 heterocycles. The van der Waals surface area contributed by atoms with Gasteiger partial charge in [-0.1, -0.05) is 6.92 Å². The van der Waals surface area contributed by atoms with Crippen molar-refractivity contribution in [2.75, 3.05) is 0 Å². The van der Waals surface area contributed by atoms with Gasteiger partial charge in [0.05, 0.1) is 0 Å². The minimum atomic E-state index is -4.43. The molecule has 0 amide bonds. The Bertz CT molecular complexity index is 227. The summed E-state index contributed by atoms with van der Waals surface area (Å²) in [7, 11) is 0. The third-order valence-corrected chi connectivity index (χ3v) is 3.20. The molecule has 0 aromatic heterocycles. The van der Waals surface area contributed by atoms with E-state index in [1.54, 1.807) is 13.8 Å². The van der Waals surface area contributed by atoms with Crippen LogP contribution in [0.5, 0.6) is 0 Å². The first-order valence-electron chi connectivity index (χ1n) is 4.71. The van der Waals surface area contributed by atoms with Crippen LogP contribution in [0, 0.1) is 0 Å². The number of hydrogen-bond donors (Lipinski definition) is 0. The molecule has 5 heteroatoms. The lowest BCUT2D eigenvalue weighted by molar-refractivity contribution is -0.336. The summed E-state index contributed by atoms with van der Waals surface area (Å²) in [4.78, 5) is 0. The molecule has 0 spiro atoms. The molecule has 14 heavy (non-hydrogen) atoms. The van der Waals surface area contributed by atoms with E-state index in [0.717, 1.165) is 0 Å². The van der Waals surface area contributed by atoms with Crippen LogP contribution < -0.4 is 0 Å². The maximum Gasteiger partial charge on any atom is 0.409 e. The molecule has 0 saturated carbocycles. The summed E-state index contributed by atoms with van der Waals surface area (Å²) in [5.41, 5.74) is -3.05. The molecular formula is C9H15F3NO. The molecule has 83 valence electrons. The van der Waals surface area contributed by atoms with Gasteiger partial charge in [-0.2, -0.15) is 13.2 Å². The number of alkyl halides is 3. The topological polar surface area (TPSA) is 23.1 Å². The Morgan fingerprint density at radius 3 is 1.93 bits per heavy atom. The van der Waals surface area contributed by atoms with Crippen LogP contribution in [-0.4, -0.2) is 22.3 Å². The summed E-state index contributed by atoms with van der Waals surface area (Å²) in [6.07, 6.45) is -4.41. The van der Waals surface area contributed by atoms with E-state index in [1.165, 1.54) is 6.92 Å². The SMILES string of the molecule is CCC1(C(F)(F)F)CCC(C)(C)N1[O]. The van der Waals surface area contributed by atoms with Gasteiger partial charge in [0, 0.05) is 5.54 Å². The summed E-state index contributed by atoms with van der Waals surface area (Å²) < 4.78 is 38.3. The highest BCUT2D eigenvalue weighted by Gasteiger charge is 2.64. The van der Waals surface area contributed by atoms with Crippen molar-refractivity contribution < 1.29 is 18.4 Å². The Hall–Kier alpha value is -0.290. The number of halogens is 3. The van der Waals surface area contributed by atoms with Gasteiger partial charge in [-0.15, -0.1) is 10.3 Å². The molecule has 2 nitrogen and oxygen atoms in total. The van der Waals surface area contributed by atoms with Crippen molar-refractivity contribution in [2.24, 2.45) is 0 Å². The summed E-state index contributed by atoms with van der Waals surface area (Å²) in [5, 5.41) is 11.9. The van der Waals surface area contributed by atoms with Crippen LogP contribution in [0.4, 0.5) is 13.2 Å². The van der Waals surface area contributed by atoms with Crippen LogP contribution in [0.25, 0.3) is 0 Å². The summed E-state index contributed by atoms with van der Waals surface area (Å²) in [6, 6.07) is 0. The quantitative estimate of drug-likeness (QED) is 0.652. The zero-order valence-corrected chi connectivity index (χ0v) is 8.61. The molecule has 1 aliphatic rings. The van der Waals surface area contributed by atoms with Crippen molar-refractivity contribution in [3.63, 3.8) is 0 Å². The van der Waals surface area contributed by atoms with Crippen molar-refractivity contribution in [1.29, 1.82) is 0 Å². The van der Waals surface area contributed by atoms with Gasteiger partial charge in [-0.05, 0) is 33.1 Å². The summed E-state index contributed by atoms with van der Waals surface area (Å²) in [6.45, 7) is 4.53. The van der Waals surface area contributed by atoms with Crippen LogP contribution in [0.1, 0.15) is 40.0 Å². The molecule has 1 radical (unpaired) electrons. The lowest BCUT2D eigenvalue weighted by atomic mass is 9.93. The third kappa shape index (κ3) is 1.42. The van der Waals surface area contributed by atoms with Crippen LogP contribution in [0.2, 0.25) is 0 Å². The first-order chi connectivity index (χ1) is 6.17. The highest BCUT2D eigenvalue weighted by atomic mass is 19.4. The lowest BCUT2D eigenvalue weighted by Gasteiger charge is -2.38. The second-order valence-electron chi connectivity index (χ2n) is 4.49. The molecule has 1 fully saturated rings. The maximum atomic E-state index is 12.8. The fourth-order valence-corrected chi connectivity index (χ4v) is 2.07. The zero-order valence-electron chi connectivity index (χ0n) is 8.61. The first-order valence-corrected chi connectivity index (χ1v) is 4.71. The van der Waals surface area contributed by atoms with Gasteiger partial charge in [-0.3, -0.25) is 0 Å². The molecule has 1 rings (SSSR count). The van der Waals surface area contributed by atoms with Crippen molar-refractivity contribution in [3.8, 4) is 0 Å². The Morgan fingerprint density at radius 2 is 1.79 bits per heavy atom. The normalized spacial score (nSPS) is 33.6. The number of hydrogen-bond acceptors (Lipinski definition) is 1. The van der Waals surface area contributed by atoms with Gasteiger partial charge >= 0.3 is 6.18 Å². The summed E-state index contributed by atoms with van der Waals surface area (Å²) in [5.74, 6) is 0. The van der Waals surface area contributed by atoms with E-state index in [1.807, 2.05) is 0 Å². The third-order valence-electron chi connectivity index (χ3n) is 3.20. The van der Waals surface area contributed by atoms with Gasteiger partial charge < -0.3 is 0 Å². The molecular weight excluding hydrogens is 195 g/mol. The van der Waals surface area contributed by atoms with Crippen molar-refractivity contribution in [3.05, 3.63) is 0 Å². The molecule has 1 aliphatic heterocycles. The number of rotatable bonds is 1. The highest BCUT2D eigenvalue weighted by Crippen LogP contribution is 2.50. The van der Waals surface area contributed by atoms with Gasteiger partial charge in [-0.25, -0.2) is 0 Å². The first kappa shape index (κ1) is 11.8. The fourth-order valence-electron chi connectivity index (χ4n) is 2.07. The predicted octanol–water partition coefficient (Wildman–Crippen LogP) is 2.92. The van der Waals surface area contributed by atoms with E-state index in [2.05, 4.69) is 0 Å². The molecule has 1 unspecified atom stereocenters. The van der Waals surface area contributed by atoms with Gasteiger partial charge in [0.25, 0.3) is 0 Å². The molecule has 1 saturated heterocycles. The van der Waals surface area contributed by atoms with E-state index in [0.29, 0.717) is 6.42 Å². The Morgan fingerprint density at radius 1 is 1.29 bits per heavy atom. The lowest BCUT2D eigenvalue weighted by Crippen LogP contribution is -2.57. The van der Waals surface area contributed by atoms with Crippen molar-refractivity contribution >= 4 is 0 Å². The monoisotopic (exact) mass is 210 g/mol. The molecule has 0 aromatic carbocycles. The van der Waals surface area contributed by atoms with E-state index >= 15 is 0 Å². The van der Waals surface area contributed by atoms with Gasteiger partial charge in [0.15, 0.2) is 0 Å². The van der Waals surface area contributed by atoms with Crippen LogP contribution >= 0.6 is 0 Å². The average molecular weight is 210 g/mol. The fraction of sp³-hybridized carbons (Fsp3) is 1.00. The van der Waals surface area contributed by atoms with Crippen LogP contribution in [-0.2, 0) is 5.21 Å². The minimum Gasteiger partial charge on any atom is -0.169 e. The minimum absolute atomic E-state index is 0.0938. The highest BCUT2D eigenvalue weighted by molar-refractivity contribution is 5.04. The van der Waals surface area contributed by atoms with Crippen molar-refractivity contribution in [2.45, 2.75) is 57.3 Å². The standard InChI is InChI=1S/C9H15F3NO/c1-4-8(9(10,11)12)6-5-7(2,3)13(8)14/h4-6H2,1-3H3. The number of hydroxylamine groups is 2. The Kier molecular flexibility index (Phi) is 2.61.